The van der Waals surface area contributed by atoms with Gasteiger partial charge in [-0.2, -0.15) is 10.1 Å². The Kier molecular flexibility index (Phi) is 6.71. The fourth-order valence-corrected chi connectivity index (χ4v) is 5.37. The van der Waals surface area contributed by atoms with Crippen molar-refractivity contribution in [2.75, 3.05) is 35.3 Å². The highest BCUT2D eigenvalue weighted by atomic mass is 35.5. The standard InChI is InChI=1S/C27H33ClN8/c1-6-19-16-36(25-10-7-17(2)14-29-25)12-11-24(19)34(4)26-22(28)15-30-27(32-26)31-20-8-9-21-18(3)35(5)33-23(21)13-20/h7-10,13-15,19,24H,6,11-12,16H2,1-5H3,(H,30,31,32). The van der Waals surface area contributed by atoms with E-state index in [1.807, 2.05) is 30.1 Å². The lowest BCUT2D eigenvalue weighted by atomic mass is 9.88. The molecule has 1 aromatic carbocycles. The number of anilines is 4. The monoisotopic (exact) mass is 504 g/mol. The van der Waals surface area contributed by atoms with Crippen LogP contribution in [0.15, 0.2) is 42.7 Å². The Morgan fingerprint density at radius 1 is 1.14 bits per heavy atom. The maximum absolute atomic E-state index is 6.61. The summed E-state index contributed by atoms with van der Waals surface area (Å²) >= 11 is 6.61. The molecule has 1 saturated heterocycles. The second kappa shape index (κ2) is 9.93. The number of piperidine rings is 1. The van der Waals surface area contributed by atoms with Gasteiger partial charge < -0.3 is 15.1 Å². The van der Waals surface area contributed by atoms with Crippen LogP contribution in [-0.4, -0.2) is 50.9 Å². The Balaban J connectivity index is 1.34. The molecule has 0 bridgehead atoms. The molecule has 0 saturated carbocycles. The topological polar surface area (TPSA) is 75.0 Å². The predicted molar refractivity (Wildman–Crippen MR) is 148 cm³/mol. The second-order valence-corrected chi connectivity index (χ2v) is 10.1. The van der Waals surface area contributed by atoms with Crippen LogP contribution in [0.3, 0.4) is 0 Å². The second-order valence-electron chi connectivity index (χ2n) is 9.71. The number of hydrogen-bond acceptors (Lipinski definition) is 7. The number of pyridine rings is 1. The highest BCUT2D eigenvalue weighted by Gasteiger charge is 2.33. The summed E-state index contributed by atoms with van der Waals surface area (Å²) in [5.41, 5.74) is 4.14. The molecule has 0 amide bonds. The van der Waals surface area contributed by atoms with E-state index in [1.54, 1.807) is 6.20 Å². The molecule has 1 N–H and O–H groups in total. The Labute approximate surface area is 217 Å². The zero-order valence-corrected chi connectivity index (χ0v) is 22.3. The van der Waals surface area contributed by atoms with Crippen LogP contribution in [0, 0.1) is 19.8 Å². The van der Waals surface area contributed by atoms with Crippen molar-refractivity contribution < 1.29 is 0 Å². The van der Waals surface area contributed by atoms with Crippen LogP contribution in [0.5, 0.6) is 0 Å². The molecule has 2 unspecified atom stereocenters. The van der Waals surface area contributed by atoms with Gasteiger partial charge in [0.25, 0.3) is 0 Å². The molecular weight excluding hydrogens is 472 g/mol. The Hall–Kier alpha value is -3.39. The number of aromatic nitrogens is 5. The molecule has 188 valence electrons. The van der Waals surface area contributed by atoms with E-state index < -0.39 is 0 Å². The SMILES string of the molecule is CCC1CN(c2ccc(C)cn2)CCC1N(C)c1nc(Nc2ccc3c(C)n(C)nc3c2)ncc1Cl. The van der Waals surface area contributed by atoms with E-state index in [4.69, 9.17) is 16.6 Å². The third kappa shape index (κ3) is 4.69. The summed E-state index contributed by atoms with van der Waals surface area (Å²) in [5.74, 6) is 2.77. The van der Waals surface area contributed by atoms with Crippen molar-refractivity contribution in [1.29, 1.82) is 0 Å². The first-order chi connectivity index (χ1) is 17.3. The summed E-state index contributed by atoms with van der Waals surface area (Å²) in [6, 6.07) is 10.7. The van der Waals surface area contributed by atoms with E-state index >= 15 is 0 Å². The largest absolute Gasteiger partial charge is 0.356 e. The van der Waals surface area contributed by atoms with Crippen LogP contribution in [0.2, 0.25) is 5.02 Å². The summed E-state index contributed by atoms with van der Waals surface area (Å²) in [6.45, 7) is 8.29. The number of nitrogens with one attached hydrogen (secondary N) is 1. The van der Waals surface area contributed by atoms with Crippen molar-refractivity contribution in [3.05, 3.63) is 59.0 Å². The Bertz CT molecular complexity index is 1370. The number of fused-ring (bicyclic) bond motifs is 1. The average Bonchev–Trinajstić information content (AvgIpc) is 3.17. The van der Waals surface area contributed by atoms with Crippen LogP contribution in [0.25, 0.3) is 10.9 Å². The predicted octanol–water partition coefficient (Wildman–Crippen LogP) is 5.51. The molecule has 36 heavy (non-hydrogen) atoms. The molecule has 5 rings (SSSR count). The highest BCUT2D eigenvalue weighted by Crippen LogP contribution is 2.33. The molecule has 1 aliphatic heterocycles. The van der Waals surface area contributed by atoms with Gasteiger partial charge in [0.05, 0.1) is 11.7 Å². The molecule has 3 aromatic heterocycles. The van der Waals surface area contributed by atoms with Crippen LogP contribution in [0.1, 0.15) is 31.0 Å². The van der Waals surface area contributed by atoms with Gasteiger partial charge in [0.1, 0.15) is 10.8 Å². The lowest BCUT2D eigenvalue weighted by molar-refractivity contribution is 0.335. The van der Waals surface area contributed by atoms with Crippen LogP contribution >= 0.6 is 11.6 Å². The Morgan fingerprint density at radius 2 is 1.97 bits per heavy atom. The maximum Gasteiger partial charge on any atom is 0.229 e. The van der Waals surface area contributed by atoms with Crippen LogP contribution in [-0.2, 0) is 7.05 Å². The smallest absolute Gasteiger partial charge is 0.229 e. The molecule has 0 spiro atoms. The van der Waals surface area contributed by atoms with Gasteiger partial charge in [0.2, 0.25) is 5.95 Å². The summed E-state index contributed by atoms with van der Waals surface area (Å²) < 4.78 is 1.89. The van der Waals surface area contributed by atoms with Crippen molar-refractivity contribution in [2.24, 2.45) is 13.0 Å². The van der Waals surface area contributed by atoms with Gasteiger partial charge in [-0.15, -0.1) is 0 Å². The molecule has 4 aromatic rings. The van der Waals surface area contributed by atoms with E-state index in [9.17, 15) is 0 Å². The molecule has 0 aliphatic carbocycles. The van der Waals surface area contributed by atoms with E-state index in [0.717, 1.165) is 59.9 Å². The van der Waals surface area contributed by atoms with Gasteiger partial charge in [-0.1, -0.05) is 24.6 Å². The van der Waals surface area contributed by atoms with Gasteiger partial charge in [-0.25, -0.2) is 9.97 Å². The van der Waals surface area contributed by atoms with Crippen molar-refractivity contribution in [1.82, 2.24) is 24.7 Å². The van der Waals surface area contributed by atoms with E-state index in [0.29, 0.717) is 22.9 Å². The third-order valence-electron chi connectivity index (χ3n) is 7.38. The zero-order chi connectivity index (χ0) is 25.4. The normalized spacial score (nSPS) is 18.0. The number of rotatable bonds is 6. The fourth-order valence-electron chi connectivity index (χ4n) is 5.15. The van der Waals surface area contributed by atoms with Crippen LogP contribution < -0.4 is 15.1 Å². The molecule has 8 nitrogen and oxygen atoms in total. The van der Waals surface area contributed by atoms with Crippen molar-refractivity contribution >= 4 is 45.8 Å². The quantitative estimate of drug-likeness (QED) is 0.371. The fraction of sp³-hybridized carbons (Fsp3) is 0.407. The van der Waals surface area contributed by atoms with Gasteiger partial charge >= 0.3 is 0 Å². The molecule has 9 heteroatoms. The lowest BCUT2D eigenvalue weighted by Gasteiger charge is -2.43. The molecular formula is C27H33ClN8. The molecule has 0 radical (unpaired) electrons. The minimum Gasteiger partial charge on any atom is -0.356 e. The van der Waals surface area contributed by atoms with E-state index in [-0.39, 0.29) is 0 Å². The van der Waals surface area contributed by atoms with Gasteiger partial charge in [0, 0.05) is 56.2 Å². The number of benzene rings is 1. The Morgan fingerprint density at radius 3 is 2.72 bits per heavy atom. The summed E-state index contributed by atoms with van der Waals surface area (Å²) in [4.78, 5) is 18.5. The minimum atomic E-state index is 0.324. The average molecular weight is 505 g/mol. The minimum absolute atomic E-state index is 0.324. The first-order valence-electron chi connectivity index (χ1n) is 12.5. The number of aryl methyl sites for hydroxylation is 3. The van der Waals surface area contributed by atoms with Crippen LogP contribution in [0.4, 0.5) is 23.3 Å². The zero-order valence-electron chi connectivity index (χ0n) is 21.5. The highest BCUT2D eigenvalue weighted by molar-refractivity contribution is 6.32. The van der Waals surface area contributed by atoms with Crippen molar-refractivity contribution in [2.45, 2.75) is 39.7 Å². The molecule has 1 fully saturated rings. The number of hydrogen-bond donors (Lipinski definition) is 1. The number of halogens is 1. The summed E-state index contributed by atoms with van der Waals surface area (Å²) in [6.07, 6.45) is 5.69. The van der Waals surface area contributed by atoms with Gasteiger partial charge in [0.15, 0.2) is 5.82 Å². The maximum atomic E-state index is 6.61. The van der Waals surface area contributed by atoms with E-state index in [1.165, 1.54) is 5.56 Å². The third-order valence-corrected chi connectivity index (χ3v) is 7.65. The molecule has 1 aliphatic rings. The molecule has 2 atom stereocenters. The molecule has 4 heterocycles. The number of nitrogens with zero attached hydrogens (tertiary/aromatic N) is 7. The first-order valence-corrected chi connectivity index (χ1v) is 12.8. The van der Waals surface area contributed by atoms with Crippen molar-refractivity contribution in [3.8, 4) is 0 Å². The summed E-state index contributed by atoms with van der Waals surface area (Å²) in [5, 5.41) is 9.61. The first kappa shape index (κ1) is 24.3. The van der Waals surface area contributed by atoms with Gasteiger partial charge in [-0.05, 0) is 62.4 Å². The van der Waals surface area contributed by atoms with Gasteiger partial charge in [-0.3, -0.25) is 4.68 Å². The van der Waals surface area contributed by atoms with Crippen molar-refractivity contribution in [3.63, 3.8) is 0 Å². The lowest BCUT2D eigenvalue weighted by Crippen LogP contribution is -2.50. The summed E-state index contributed by atoms with van der Waals surface area (Å²) in [7, 11) is 4.05. The van der Waals surface area contributed by atoms with E-state index in [2.05, 4.69) is 76.2 Å².